The summed E-state index contributed by atoms with van der Waals surface area (Å²) in [4.78, 5) is 40.7. The Morgan fingerprint density at radius 3 is 2.35 bits per heavy atom. The molecule has 2 aromatic heterocycles. The third-order valence-corrected chi connectivity index (χ3v) is 9.13. The van der Waals surface area contributed by atoms with E-state index in [1.54, 1.807) is 36.4 Å². The highest BCUT2D eigenvalue weighted by molar-refractivity contribution is 6.31. The van der Waals surface area contributed by atoms with E-state index in [2.05, 4.69) is 9.97 Å². The molecule has 0 aliphatic carbocycles. The van der Waals surface area contributed by atoms with Gasteiger partial charge in [-0.15, -0.1) is 0 Å². The lowest BCUT2D eigenvalue weighted by Gasteiger charge is -2.30. The third-order valence-electron chi connectivity index (χ3n) is 8.89. The van der Waals surface area contributed by atoms with Crippen molar-refractivity contribution in [3.63, 3.8) is 0 Å². The largest absolute Gasteiger partial charge is 0.508 e. The summed E-state index contributed by atoms with van der Waals surface area (Å²) >= 11 is 6.53. The Kier molecular flexibility index (Phi) is 8.94. The number of ether oxygens (including phenoxy) is 3. The number of rotatable bonds is 1. The number of anilines is 2. The summed E-state index contributed by atoms with van der Waals surface area (Å²) in [5.41, 5.74) is 5.81. The van der Waals surface area contributed by atoms with Crippen LogP contribution in [-0.2, 0) is 24.8 Å². The van der Waals surface area contributed by atoms with Gasteiger partial charge in [-0.25, -0.2) is 9.97 Å². The predicted molar refractivity (Wildman–Crippen MR) is 184 cm³/mol. The van der Waals surface area contributed by atoms with Crippen LogP contribution in [0.2, 0.25) is 5.02 Å². The van der Waals surface area contributed by atoms with Gasteiger partial charge >= 0.3 is 6.01 Å². The molecule has 5 aliphatic rings. The Balaban J connectivity index is 1.32. The van der Waals surface area contributed by atoms with Crippen LogP contribution in [0.4, 0.5) is 11.4 Å². The molecule has 0 atom stereocenters. The highest BCUT2D eigenvalue weighted by Gasteiger charge is 2.29. The topological polar surface area (TPSA) is 119 Å². The van der Waals surface area contributed by atoms with Gasteiger partial charge in [0.1, 0.15) is 24.7 Å². The fourth-order valence-corrected chi connectivity index (χ4v) is 6.42. The Morgan fingerprint density at radius 1 is 0.816 bits per heavy atom. The first-order chi connectivity index (χ1) is 23.8. The van der Waals surface area contributed by atoms with Crippen LogP contribution >= 0.6 is 11.6 Å². The van der Waals surface area contributed by atoms with Crippen molar-refractivity contribution in [3.05, 3.63) is 112 Å². The number of hydrogen-bond donors (Lipinski definition) is 1. The van der Waals surface area contributed by atoms with Gasteiger partial charge in [0.2, 0.25) is 0 Å². The molecule has 12 heteroatoms. The van der Waals surface area contributed by atoms with E-state index in [-0.39, 0.29) is 30.2 Å². The molecule has 49 heavy (non-hydrogen) atoms. The van der Waals surface area contributed by atoms with Gasteiger partial charge < -0.3 is 28.8 Å². The minimum absolute atomic E-state index is 0.0601. The standard InChI is InChI=1S/C37H34ClN5O6/c1-23-31-19-33(41(23)2)32-18-25(38)6-11-30(32)35(45)42-13-12-29-24(22-42)4-3-5-34(29)48-16-14-47-15-17-49-37-39-20-27(21-40-37)43(36(31)46)26-7-9-28(44)10-8-26/h3-11,18-21,44H,12-17,22H2,1-2H3. The molecule has 5 aromatic rings. The van der Waals surface area contributed by atoms with Gasteiger partial charge in [-0.2, -0.15) is 0 Å². The van der Waals surface area contributed by atoms with Crippen molar-refractivity contribution in [2.45, 2.75) is 19.9 Å². The van der Waals surface area contributed by atoms with E-state index < -0.39 is 0 Å². The molecule has 3 aromatic carbocycles. The molecule has 5 aliphatic heterocycles. The molecule has 10 rings (SSSR count). The monoisotopic (exact) mass is 679 g/mol. The van der Waals surface area contributed by atoms with Crippen molar-refractivity contribution in [1.29, 1.82) is 0 Å². The number of aromatic nitrogens is 3. The van der Waals surface area contributed by atoms with Gasteiger partial charge in [0.25, 0.3) is 11.8 Å². The van der Waals surface area contributed by atoms with Gasteiger partial charge in [-0.1, -0.05) is 23.7 Å². The van der Waals surface area contributed by atoms with Crippen LogP contribution in [0.15, 0.2) is 79.1 Å². The van der Waals surface area contributed by atoms with Crippen molar-refractivity contribution >= 4 is 34.8 Å². The molecule has 0 radical (unpaired) electrons. The molecule has 0 spiro atoms. The van der Waals surface area contributed by atoms with Gasteiger partial charge in [-0.05, 0) is 73.5 Å². The minimum Gasteiger partial charge on any atom is -0.508 e. The van der Waals surface area contributed by atoms with E-state index in [4.69, 9.17) is 25.8 Å². The summed E-state index contributed by atoms with van der Waals surface area (Å²) in [6.07, 6.45) is 3.65. The fraction of sp³-hybridized carbons (Fsp3) is 0.243. The van der Waals surface area contributed by atoms with E-state index in [0.29, 0.717) is 83.8 Å². The molecule has 0 unspecified atom stereocenters. The summed E-state index contributed by atoms with van der Waals surface area (Å²) in [6.45, 7) is 4.04. The number of aromatic hydroxyl groups is 1. The van der Waals surface area contributed by atoms with Crippen molar-refractivity contribution in [2.75, 3.05) is 37.9 Å². The van der Waals surface area contributed by atoms with E-state index in [1.807, 2.05) is 41.6 Å². The second-order valence-corrected chi connectivity index (χ2v) is 12.3. The molecule has 0 fully saturated rings. The zero-order chi connectivity index (χ0) is 34.1. The number of halogens is 1. The second-order valence-electron chi connectivity index (χ2n) is 11.8. The molecule has 11 nitrogen and oxygen atoms in total. The van der Waals surface area contributed by atoms with Gasteiger partial charge in [-0.3, -0.25) is 14.5 Å². The molecule has 7 heterocycles. The van der Waals surface area contributed by atoms with Crippen LogP contribution in [0, 0.1) is 6.92 Å². The average Bonchev–Trinajstić information content (AvgIpc) is 3.41. The first-order valence-corrected chi connectivity index (χ1v) is 16.3. The van der Waals surface area contributed by atoms with Crippen LogP contribution in [0.3, 0.4) is 0 Å². The Hall–Kier alpha value is -5.39. The summed E-state index contributed by atoms with van der Waals surface area (Å²) in [7, 11) is 1.85. The molecule has 250 valence electrons. The van der Waals surface area contributed by atoms with Crippen molar-refractivity contribution < 1.29 is 28.9 Å². The SMILES string of the molecule is Cc1c2cc(n1C)-c1cc(Cl)ccc1C(=O)N1CCc3c(cccc3OCCOCCOc3ncc(cn3)N(c3ccc(O)cc3)C2=O)C1. The first-order valence-electron chi connectivity index (χ1n) is 15.9. The molecule has 0 saturated carbocycles. The van der Waals surface area contributed by atoms with Crippen LogP contribution in [-0.4, -0.2) is 69.3 Å². The lowest BCUT2D eigenvalue weighted by atomic mass is 9.96. The number of phenols is 1. The maximum absolute atomic E-state index is 14.5. The summed E-state index contributed by atoms with van der Waals surface area (Å²) in [5, 5.41) is 10.4. The quantitative estimate of drug-likeness (QED) is 0.225. The summed E-state index contributed by atoms with van der Waals surface area (Å²) in [5.74, 6) is 0.358. The number of carbonyl (C=O) groups excluding carboxylic acids is 2. The smallest absolute Gasteiger partial charge is 0.316 e. The Labute approximate surface area is 288 Å². The van der Waals surface area contributed by atoms with Crippen molar-refractivity contribution in [2.24, 2.45) is 7.05 Å². The number of hydrogen-bond acceptors (Lipinski definition) is 8. The Bertz CT molecular complexity index is 2030. The summed E-state index contributed by atoms with van der Waals surface area (Å²) in [6, 6.07) is 19.3. The molecule has 2 amide bonds. The molecule has 0 saturated heterocycles. The highest BCUT2D eigenvalue weighted by atomic mass is 35.5. The van der Waals surface area contributed by atoms with Crippen molar-refractivity contribution in [1.82, 2.24) is 19.4 Å². The lowest BCUT2D eigenvalue weighted by molar-refractivity contribution is 0.0716. The van der Waals surface area contributed by atoms with Crippen molar-refractivity contribution in [3.8, 4) is 28.8 Å². The predicted octanol–water partition coefficient (Wildman–Crippen LogP) is 6.11. The molecule has 8 bridgehead atoms. The molecular formula is C37H34ClN5O6. The zero-order valence-electron chi connectivity index (χ0n) is 27.1. The first kappa shape index (κ1) is 32.2. The number of carbonyl (C=O) groups is 2. The van der Waals surface area contributed by atoms with Gasteiger partial charge in [0, 0.05) is 58.9 Å². The number of amides is 2. The molecular weight excluding hydrogens is 646 g/mol. The third kappa shape index (κ3) is 6.42. The molecule has 1 N–H and O–H groups in total. The van der Waals surface area contributed by atoms with E-state index in [0.717, 1.165) is 16.9 Å². The maximum atomic E-state index is 14.5. The fourth-order valence-electron chi connectivity index (χ4n) is 6.25. The van der Waals surface area contributed by atoms with E-state index in [1.165, 1.54) is 29.4 Å². The average molecular weight is 680 g/mol. The van der Waals surface area contributed by atoms with Crippen LogP contribution < -0.4 is 14.4 Å². The normalized spacial score (nSPS) is 15.4. The number of nitrogens with zero attached hydrogens (tertiary/aromatic N) is 5. The Morgan fingerprint density at radius 2 is 1.57 bits per heavy atom. The van der Waals surface area contributed by atoms with E-state index in [9.17, 15) is 14.7 Å². The highest BCUT2D eigenvalue weighted by Crippen LogP contribution is 2.36. The zero-order valence-corrected chi connectivity index (χ0v) is 27.8. The lowest BCUT2D eigenvalue weighted by Crippen LogP contribution is -2.36. The van der Waals surface area contributed by atoms with Crippen LogP contribution in [0.1, 0.15) is 37.5 Å². The minimum atomic E-state index is -0.356. The maximum Gasteiger partial charge on any atom is 0.316 e. The number of phenolic OH excluding ortho intramolecular Hbond substituents is 1. The number of benzene rings is 3. The van der Waals surface area contributed by atoms with Gasteiger partial charge in [0.15, 0.2) is 0 Å². The van der Waals surface area contributed by atoms with Gasteiger partial charge in [0.05, 0.1) is 36.9 Å². The van der Waals surface area contributed by atoms with Crippen LogP contribution in [0.25, 0.3) is 11.3 Å². The van der Waals surface area contributed by atoms with Crippen LogP contribution in [0.5, 0.6) is 17.5 Å². The summed E-state index contributed by atoms with van der Waals surface area (Å²) < 4.78 is 19.4. The second kappa shape index (κ2) is 13.6. The van der Waals surface area contributed by atoms with E-state index >= 15 is 0 Å².